The van der Waals surface area contributed by atoms with Crippen molar-refractivity contribution in [3.05, 3.63) is 35.9 Å². The molecular weight excluding hydrogens is 783 g/mol. The summed E-state index contributed by atoms with van der Waals surface area (Å²) in [5.74, 6) is 0. The summed E-state index contributed by atoms with van der Waals surface area (Å²) < 4.78 is 0. The van der Waals surface area contributed by atoms with Crippen LogP contribution < -0.4 is 0 Å². The van der Waals surface area contributed by atoms with Gasteiger partial charge < -0.3 is 0 Å². The van der Waals surface area contributed by atoms with Gasteiger partial charge in [-0.25, -0.2) is 0 Å². The first-order chi connectivity index (χ1) is 17.1. The minimum Gasteiger partial charge on any atom is -0.146 e. The second-order valence-corrected chi connectivity index (χ2v) is 52.5. The van der Waals surface area contributed by atoms with Gasteiger partial charge in [0, 0.05) is 5.41 Å². The van der Waals surface area contributed by atoms with Crippen molar-refractivity contribution in [2.75, 3.05) is 0 Å². The Morgan fingerprint density at radius 1 is 0.513 bits per heavy atom. The van der Waals surface area contributed by atoms with E-state index < -0.39 is 44.3 Å². The van der Waals surface area contributed by atoms with Gasteiger partial charge in [-0.15, -0.1) is 111 Å². The van der Waals surface area contributed by atoms with E-state index in [2.05, 4.69) is 46.8 Å². The summed E-state index contributed by atoms with van der Waals surface area (Å²) in [5, 5.41) is 0. The van der Waals surface area contributed by atoms with Gasteiger partial charge in [-0.05, 0) is 77.8 Å². The number of hydrogen-bond acceptors (Lipinski definition) is 0. The van der Waals surface area contributed by atoms with Crippen molar-refractivity contribution in [1.29, 1.82) is 0 Å². The molecule has 0 saturated heterocycles. The smallest absolute Gasteiger partial charge is 0.146 e. The second-order valence-electron chi connectivity index (χ2n) is 12.0. The van der Waals surface area contributed by atoms with Crippen molar-refractivity contribution in [2.24, 2.45) is 5.41 Å². The number of halogens is 10. The summed E-state index contributed by atoms with van der Waals surface area (Å²) in [6, 6.07) is 10.3. The highest BCUT2D eigenvalue weighted by Crippen LogP contribution is 2.76. The third-order valence-electron chi connectivity index (χ3n) is 9.48. The molecule has 0 aromatic heterocycles. The fraction of sp³-hybridized carbons (Fsp3) is 0.750. The molecule has 15 heteroatoms. The maximum Gasteiger partial charge on any atom is 0.252 e. The molecule has 1 aromatic carbocycles. The molecule has 0 aliphatic heterocycles. The predicted octanol–water partition coefficient (Wildman–Crippen LogP) is 14.0. The maximum atomic E-state index is 7.26. The van der Waals surface area contributed by atoms with E-state index in [1.165, 1.54) is 0 Å². The lowest BCUT2D eigenvalue weighted by atomic mass is 9.52. The van der Waals surface area contributed by atoms with Crippen LogP contribution in [-0.2, 0) is 5.41 Å². The third kappa shape index (κ3) is 8.72. The lowest BCUT2D eigenvalue weighted by Crippen LogP contribution is -2.64. The van der Waals surface area contributed by atoms with Crippen LogP contribution in [0.3, 0.4) is 0 Å². The highest BCUT2D eigenvalue weighted by Gasteiger charge is 2.71. The monoisotopic (exact) mass is 820 g/mol. The van der Waals surface area contributed by atoms with Gasteiger partial charge in [0.1, 0.15) is 0 Å². The quantitative estimate of drug-likeness (QED) is 0.137. The molecule has 1 rings (SSSR count). The lowest BCUT2D eigenvalue weighted by Gasteiger charge is -2.67. The summed E-state index contributed by atoms with van der Waals surface area (Å²) >= 11 is 72.0. The second kappa shape index (κ2) is 13.9. The van der Waals surface area contributed by atoms with Gasteiger partial charge in [-0.3, -0.25) is 0 Å². The van der Waals surface area contributed by atoms with Crippen molar-refractivity contribution in [3.63, 3.8) is 0 Å². The Morgan fingerprint density at radius 3 is 1.08 bits per heavy atom. The Kier molecular flexibility index (Phi) is 14.3. The average molecular weight is 826 g/mol. The van der Waals surface area contributed by atoms with E-state index in [1.54, 1.807) is 0 Å². The molecule has 5 unspecified atom stereocenters. The molecule has 0 spiro atoms. The van der Waals surface area contributed by atoms with E-state index in [4.69, 9.17) is 111 Å². The van der Waals surface area contributed by atoms with Gasteiger partial charge in [0.15, 0.2) is 0 Å². The molecule has 5 atom stereocenters. The van der Waals surface area contributed by atoms with E-state index in [0.29, 0.717) is 6.42 Å². The first-order valence-corrected chi connectivity index (χ1v) is 36.1. The van der Waals surface area contributed by atoms with Crippen molar-refractivity contribution >= 4 is 144 Å². The molecule has 0 aliphatic rings. The highest BCUT2D eigenvalue weighted by atomic mass is 35.7. The molecular formula is C24H42Cl10Si5. The van der Waals surface area contributed by atoms with Crippen LogP contribution in [0.4, 0.5) is 0 Å². The SMILES string of the molecule is CC(CC(C(C)[Si](C)(Cl)Cl)(C(C)[Si](C)(Cl)Cl)C(c1ccccc1)(C(C)[Si](C)(Cl)Cl)C(C)[Si](C)(Cl)Cl)[Si](C)(Cl)Cl. The Bertz CT molecular complexity index is 892. The average Bonchev–Trinajstić information content (AvgIpc) is 2.74. The summed E-state index contributed by atoms with van der Waals surface area (Å²) in [6.45, 7) is 5.71. The Labute approximate surface area is 289 Å². The predicted molar refractivity (Wildman–Crippen MR) is 199 cm³/mol. The molecule has 39 heavy (non-hydrogen) atoms. The summed E-state index contributed by atoms with van der Waals surface area (Å²) in [5.41, 5.74) is -1.67. The van der Waals surface area contributed by atoms with E-state index in [-0.39, 0.29) is 27.7 Å². The van der Waals surface area contributed by atoms with Crippen molar-refractivity contribution < 1.29 is 0 Å². The zero-order valence-corrected chi connectivity index (χ0v) is 36.8. The van der Waals surface area contributed by atoms with Crippen LogP contribution in [-0.4, -0.2) is 33.5 Å². The van der Waals surface area contributed by atoms with Gasteiger partial charge in [0.2, 0.25) is 0 Å². The van der Waals surface area contributed by atoms with Crippen LogP contribution in [0.2, 0.25) is 60.4 Å². The van der Waals surface area contributed by atoms with Gasteiger partial charge in [0.05, 0.1) is 0 Å². The van der Waals surface area contributed by atoms with Crippen molar-refractivity contribution in [3.8, 4) is 0 Å². The molecule has 0 saturated carbocycles. The van der Waals surface area contributed by atoms with Crippen molar-refractivity contribution in [2.45, 2.75) is 107 Å². The molecule has 0 radical (unpaired) electrons. The Balaban J connectivity index is 4.78. The molecule has 0 aliphatic carbocycles. The lowest BCUT2D eigenvalue weighted by molar-refractivity contribution is 0.0723. The first kappa shape index (κ1) is 40.2. The summed E-state index contributed by atoms with van der Waals surface area (Å²) in [6.07, 6.45) is 0.565. The minimum absolute atomic E-state index is 0.0836. The first-order valence-electron chi connectivity index (χ1n) is 13.0. The topological polar surface area (TPSA) is 0 Å². The molecule has 0 bridgehead atoms. The number of benzene rings is 1. The van der Waals surface area contributed by atoms with Gasteiger partial charge in [0.25, 0.3) is 33.5 Å². The van der Waals surface area contributed by atoms with Crippen LogP contribution in [0.15, 0.2) is 30.3 Å². The molecule has 0 amide bonds. The zero-order valence-electron chi connectivity index (χ0n) is 24.3. The summed E-state index contributed by atoms with van der Waals surface area (Å²) in [4.78, 5) is 0. The molecule has 0 fully saturated rings. The van der Waals surface area contributed by atoms with E-state index in [1.807, 2.05) is 50.9 Å². The number of hydrogen-bond donors (Lipinski definition) is 0. The van der Waals surface area contributed by atoms with Crippen LogP contribution in [0.25, 0.3) is 0 Å². The molecule has 228 valence electrons. The maximum absolute atomic E-state index is 7.26. The zero-order chi connectivity index (χ0) is 31.2. The fourth-order valence-electron chi connectivity index (χ4n) is 6.67. The van der Waals surface area contributed by atoms with Gasteiger partial charge in [-0.2, -0.15) is 0 Å². The van der Waals surface area contributed by atoms with Gasteiger partial charge >= 0.3 is 0 Å². The number of rotatable bonds is 13. The van der Waals surface area contributed by atoms with Gasteiger partial charge in [-0.1, -0.05) is 65.0 Å². The fourth-order valence-corrected chi connectivity index (χ4v) is 18.6. The highest BCUT2D eigenvalue weighted by molar-refractivity contribution is 7.48. The van der Waals surface area contributed by atoms with E-state index >= 15 is 0 Å². The molecule has 1 aromatic rings. The molecule has 0 N–H and O–H groups in total. The Hall–Kier alpha value is 3.20. The van der Waals surface area contributed by atoms with Crippen LogP contribution in [0.1, 0.15) is 46.6 Å². The normalized spacial score (nSPS) is 21.3. The van der Waals surface area contributed by atoms with E-state index in [0.717, 1.165) is 5.56 Å². The standard InChI is InChI=1S/C24H42Cl10Si5/c1-17(35(6,25)26)16-23(18(2)36(7,27)28,19(3)37(8,29)30)24(20(4)38(9,31)32,21(5)39(10,33)34)22-14-12-11-13-15-22/h11-15,17-21H,16H2,1-10H3. The van der Waals surface area contributed by atoms with Crippen LogP contribution in [0, 0.1) is 5.41 Å². The minimum atomic E-state index is -2.98. The summed E-state index contributed by atoms with van der Waals surface area (Å²) in [7, 11) is 0. The third-order valence-corrected chi connectivity index (χ3v) is 29.5. The largest absolute Gasteiger partial charge is 0.252 e. The molecule has 0 nitrogen and oxygen atoms in total. The Morgan fingerprint density at radius 2 is 0.821 bits per heavy atom. The van der Waals surface area contributed by atoms with Crippen LogP contribution in [0.5, 0.6) is 0 Å². The molecule has 0 heterocycles. The van der Waals surface area contributed by atoms with Crippen molar-refractivity contribution in [1.82, 2.24) is 0 Å². The van der Waals surface area contributed by atoms with Crippen LogP contribution >= 0.6 is 111 Å². The van der Waals surface area contributed by atoms with E-state index in [9.17, 15) is 0 Å².